The third kappa shape index (κ3) is 156. The van der Waals surface area contributed by atoms with E-state index in [0.29, 0.717) is 0 Å². The summed E-state index contributed by atoms with van der Waals surface area (Å²) >= 11 is -3.69. The SMILES string of the molecule is O.[Mn].[O]=[V](=[O])[OH]. The van der Waals surface area contributed by atoms with E-state index in [0.717, 1.165) is 0 Å². The molecule has 0 saturated carbocycles. The van der Waals surface area contributed by atoms with Crippen molar-refractivity contribution in [2.24, 2.45) is 0 Å². The zero-order valence-corrected chi connectivity index (χ0v) is 5.17. The minimum atomic E-state index is -3.69. The first kappa shape index (κ1) is 16.0. The van der Waals surface area contributed by atoms with Crippen LogP contribution in [0.25, 0.3) is 0 Å². The zero-order valence-electron chi connectivity index (χ0n) is 2.59. The van der Waals surface area contributed by atoms with E-state index >= 15 is 0 Å². The van der Waals surface area contributed by atoms with E-state index in [2.05, 4.69) is 0 Å². The van der Waals surface area contributed by atoms with Gasteiger partial charge in [-0.05, 0) is 0 Å². The van der Waals surface area contributed by atoms with E-state index in [1.807, 2.05) is 0 Å². The molecule has 0 heterocycles. The number of hydrogen-bond donors (Lipinski definition) is 1. The van der Waals surface area contributed by atoms with Crippen molar-refractivity contribution in [1.82, 2.24) is 0 Å². The van der Waals surface area contributed by atoms with Crippen LogP contribution in [0.3, 0.4) is 0 Å². The van der Waals surface area contributed by atoms with Gasteiger partial charge in [0.25, 0.3) is 0 Å². The van der Waals surface area contributed by atoms with Crippen LogP contribution < -0.4 is 0 Å². The normalized spacial score (nSPS) is 4.17. The van der Waals surface area contributed by atoms with E-state index in [9.17, 15) is 0 Å². The van der Waals surface area contributed by atoms with Gasteiger partial charge < -0.3 is 5.48 Å². The van der Waals surface area contributed by atoms with Gasteiger partial charge in [0, 0.05) is 17.1 Å². The quantitative estimate of drug-likeness (QED) is 0.446. The van der Waals surface area contributed by atoms with Crippen LogP contribution in [0.15, 0.2) is 0 Å². The van der Waals surface area contributed by atoms with Crippen molar-refractivity contribution in [3.8, 4) is 0 Å². The Bertz CT molecular complexity index is 55.9. The zero-order chi connectivity index (χ0) is 3.58. The van der Waals surface area contributed by atoms with Crippen LogP contribution in [0.4, 0.5) is 0 Å². The first-order valence-corrected chi connectivity index (χ1v) is 2.33. The fraction of sp³-hybridized carbons (Fsp3) is 0. The molecule has 0 aromatic rings. The third-order valence-electron chi connectivity index (χ3n) is 0. The molecule has 4 nitrogen and oxygen atoms in total. The van der Waals surface area contributed by atoms with Crippen LogP contribution >= 0.6 is 0 Å². The maximum atomic E-state index is 8.67. The first-order chi connectivity index (χ1) is 1.73. The molecule has 0 atom stereocenters. The molecule has 0 bridgehead atoms. The van der Waals surface area contributed by atoms with Crippen LogP contribution in [0.2, 0.25) is 0 Å². The van der Waals surface area contributed by atoms with Crippen molar-refractivity contribution in [2.75, 3.05) is 0 Å². The summed E-state index contributed by atoms with van der Waals surface area (Å²) in [5.74, 6) is 0. The molecule has 1 radical (unpaired) electrons. The Morgan fingerprint density at radius 1 is 1.33 bits per heavy atom. The molecule has 0 unspecified atom stereocenters. The molecule has 0 saturated heterocycles. The maximum absolute atomic E-state index is 8.67. The fourth-order valence-electron chi connectivity index (χ4n) is 0. The molecule has 6 heavy (non-hydrogen) atoms. The van der Waals surface area contributed by atoms with Gasteiger partial charge in [0.2, 0.25) is 0 Å². The predicted octanol–water partition coefficient (Wildman–Crippen LogP) is -1.62. The average molecular weight is 173 g/mol. The average Bonchev–Trinajstić information content (AvgIpc) is 0.811. The summed E-state index contributed by atoms with van der Waals surface area (Å²) < 4.78 is 24.4. The molecule has 0 aliphatic rings. The topological polar surface area (TPSA) is 85.9 Å². The first-order valence-electron chi connectivity index (χ1n) is 0.565. The van der Waals surface area contributed by atoms with Gasteiger partial charge in [0.15, 0.2) is 0 Å². The molecule has 0 amide bonds. The summed E-state index contributed by atoms with van der Waals surface area (Å²) in [6.45, 7) is 0. The molecule has 0 fully saturated rings. The van der Waals surface area contributed by atoms with Gasteiger partial charge in [-0.25, -0.2) is 0 Å². The van der Waals surface area contributed by atoms with Gasteiger partial charge in [-0.2, -0.15) is 0 Å². The van der Waals surface area contributed by atoms with Gasteiger partial charge in [-0.15, -0.1) is 0 Å². The molecule has 0 aliphatic heterocycles. The fourth-order valence-corrected chi connectivity index (χ4v) is 0. The Morgan fingerprint density at radius 2 is 1.33 bits per heavy atom. The molecule has 0 rings (SSSR count). The molecule has 3 N–H and O–H groups in total. The Balaban J connectivity index is -0.0000000450. The molecule has 39 valence electrons. The van der Waals surface area contributed by atoms with E-state index < -0.39 is 15.4 Å². The number of rotatable bonds is 0. The van der Waals surface area contributed by atoms with Gasteiger partial charge in [-0.1, -0.05) is 0 Å². The second-order valence-electron chi connectivity index (χ2n) is 0.238. The van der Waals surface area contributed by atoms with Gasteiger partial charge >= 0.3 is 26.8 Å². The van der Waals surface area contributed by atoms with E-state index in [-0.39, 0.29) is 22.5 Å². The standard InChI is InChI=1S/Mn.2H2O.2O.V/h;2*1H2;;;/q;;;;;+1/p-1. The molecule has 0 aromatic heterocycles. The molecule has 0 aromatic carbocycles. The van der Waals surface area contributed by atoms with E-state index in [1.165, 1.54) is 0 Å². The predicted molar refractivity (Wildman–Crippen MR) is 7.21 cm³/mol. The van der Waals surface area contributed by atoms with Crippen molar-refractivity contribution in [2.45, 2.75) is 0 Å². The van der Waals surface area contributed by atoms with Crippen LogP contribution in [0, 0.1) is 0 Å². The summed E-state index contributed by atoms with van der Waals surface area (Å²) in [7, 11) is 0. The second kappa shape index (κ2) is 9.16. The molecule has 0 spiro atoms. The molecular formula is H3MnO4V. The summed E-state index contributed by atoms with van der Waals surface area (Å²) in [5, 5.41) is 0. The van der Waals surface area contributed by atoms with Gasteiger partial charge in [0.05, 0.1) is 0 Å². The van der Waals surface area contributed by atoms with E-state index in [1.54, 1.807) is 0 Å². The molecule has 0 aliphatic carbocycles. The number of hydrogen-bond acceptors (Lipinski definition) is 2. The second-order valence-corrected chi connectivity index (χ2v) is 0.981. The summed E-state index contributed by atoms with van der Waals surface area (Å²) in [4.78, 5) is 0. The minimum absolute atomic E-state index is 0. The van der Waals surface area contributed by atoms with Crippen molar-refractivity contribution in [1.29, 1.82) is 0 Å². The Morgan fingerprint density at radius 3 is 1.33 bits per heavy atom. The third-order valence-corrected chi connectivity index (χ3v) is 0. The van der Waals surface area contributed by atoms with Crippen LogP contribution in [-0.4, -0.2) is 9.51 Å². The van der Waals surface area contributed by atoms with Crippen molar-refractivity contribution in [3.05, 3.63) is 0 Å². The Kier molecular flexibility index (Phi) is 24.3. The van der Waals surface area contributed by atoms with Crippen molar-refractivity contribution < 1.29 is 49.3 Å². The summed E-state index contributed by atoms with van der Waals surface area (Å²) in [6, 6.07) is 0. The van der Waals surface area contributed by atoms with Crippen molar-refractivity contribution >= 4 is 0 Å². The molecule has 6 heteroatoms. The van der Waals surface area contributed by atoms with Crippen LogP contribution in [0.1, 0.15) is 0 Å². The van der Waals surface area contributed by atoms with Gasteiger partial charge in [-0.3, -0.25) is 0 Å². The summed E-state index contributed by atoms with van der Waals surface area (Å²) in [5.41, 5.74) is 0. The Hall–Kier alpha value is 0.624. The van der Waals surface area contributed by atoms with Crippen LogP contribution in [-0.2, 0) is 39.8 Å². The van der Waals surface area contributed by atoms with E-state index in [4.69, 9.17) is 11.4 Å². The van der Waals surface area contributed by atoms with Crippen LogP contribution in [0.5, 0.6) is 0 Å². The van der Waals surface area contributed by atoms with Gasteiger partial charge in [0.1, 0.15) is 0 Å². The summed E-state index contributed by atoms with van der Waals surface area (Å²) in [6.07, 6.45) is 0. The van der Waals surface area contributed by atoms with Crippen molar-refractivity contribution in [3.63, 3.8) is 0 Å². The molecular weight excluding hydrogens is 170 g/mol. The Labute approximate surface area is 49.7 Å². The monoisotopic (exact) mass is 173 g/mol.